The van der Waals surface area contributed by atoms with Crippen LogP contribution in [0, 0.1) is 17.1 Å². The van der Waals surface area contributed by atoms with E-state index < -0.39 is 22.4 Å². The number of nitrogens with one attached hydrogen (secondary N) is 1. The Morgan fingerprint density at radius 3 is 2.45 bits per heavy atom. The molecule has 2 N–H and O–H groups in total. The van der Waals surface area contributed by atoms with E-state index in [4.69, 9.17) is 5.26 Å². The van der Waals surface area contributed by atoms with Gasteiger partial charge < -0.3 is 5.11 Å². The van der Waals surface area contributed by atoms with Crippen molar-refractivity contribution < 1.29 is 17.9 Å². The first-order valence-corrected chi connectivity index (χ1v) is 7.83. The molecule has 114 valence electrons. The van der Waals surface area contributed by atoms with Gasteiger partial charge in [0.15, 0.2) is 0 Å². The molecule has 0 fully saturated rings. The molecule has 0 heterocycles. The van der Waals surface area contributed by atoms with Crippen LogP contribution in [0.4, 0.5) is 10.1 Å². The van der Waals surface area contributed by atoms with Crippen LogP contribution < -0.4 is 4.72 Å². The van der Waals surface area contributed by atoms with Crippen molar-refractivity contribution in [2.24, 2.45) is 0 Å². The first-order valence-electron chi connectivity index (χ1n) is 6.35. The van der Waals surface area contributed by atoms with Crippen molar-refractivity contribution >= 4 is 15.7 Å². The predicted octanol–water partition coefficient (Wildman–Crippen LogP) is 2.18. The highest BCUT2D eigenvalue weighted by Gasteiger charge is 2.18. The van der Waals surface area contributed by atoms with E-state index in [2.05, 4.69) is 4.72 Å². The number of anilines is 1. The molecule has 2 aromatic carbocycles. The van der Waals surface area contributed by atoms with Gasteiger partial charge in [0.05, 0.1) is 29.7 Å². The maximum atomic E-state index is 13.8. The number of halogens is 1. The highest BCUT2D eigenvalue weighted by atomic mass is 32.2. The summed E-state index contributed by atoms with van der Waals surface area (Å²) in [5.74, 6) is -0.767. The molecular weight excluding hydrogens is 307 g/mol. The first-order chi connectivity index (χ1) is 10.5. The number of benzene rings is 2. The number of nitrogens with zero attached hydrogens (tertiary/aromatic N) is 1. The van der Waals surface area contributed by atoms with Crippen molar-refractivity contribution in [2.75, 3.05) is 4.72 Å². The summed E-state index contributed by atoms with van der Waals surface area (Å²) < 4.78 is 40.5. The van der Waals surface area contributed by atoms with E-state index in [0.29, 0.717) is 5.56 Å². The molecule has 0 unspecified atom stereocenters. The van der Waals surface area contributed by atoms with Crippen molar-refractivity contribution in [3.05, 3.63) is 59.4 Å². The Hall–Kier alpha value is -2.43. The molecule has 0 radical (unpaired) electrons. The van der Waals surface area contributed by atoms with Crippen LogP contribution in [0.1, 0.15) is 11.1 Å². The maximum Gasteiger partial charge on any atom is 0.261 e. The minimum atomic E-state index is -3.98. The van der Waals surface area contributed by atoms with Crippen LogP contribution in [0.25, 0.3) is 0 Å². The number of aliphatic hydroxyl groups excluding tert-OH is 1. The van der Waals surface area contributed by atoms with E-state index in [1.807, 2.05) is 6.07 Å². The van der Waals surface area contributed by atoms with E-state index >= 15 is 0 Å². The molecule has 0 aromatic heterocycles. The Morgan fingerprint density at radius 2 is 1.86 bits per heavy atom. The quantitative estimate of drug-likeness (QED) is 0.883. The number of sulfonamides is 1. The smallest absolute Gasteiger partial charge is 0.261 e. The van der Waals surface area contributed by atoms with Crippen LogP contribution >= 0.6 is 0 Å². The average Bonchev–Trinajstić information content (AvgIpc) is 2.50. The summed E-state index contributed by atoms with van der Waals surface area (Å²) in [4.78, 5) is -0.0543. The largest absolute Gasteiger partial charge is 0.392 e. The number of para-hydroxylation sites is 1. The molecule has 0 saturated carbocycles. The molecular formula is C15H13FN2O3S. The number of aliphatic hydroxyl groups is 1. The molecule has 0 aliphatic carbocycles. The van der Waals surface area contributed by atoms with Crippen LogP contribution in [0.15, 0.2) is 47.4 Å². The fourth-order valence-electron chi connectivity index (χ4n) is 1.89. The standard InChI is InChI=1S/C15H13FN2O3S/c16-14-3-1-2-12(10-19)15(14)18-22(20,21)13-6-4-11(5-7-13)8-9-17/h1-7,18-19H,8,10H2. The van der Waals surface area contributed by atoms with Gasteiger partial charge in [0.25, 0.3) is 10.0 Å². The fraction of sp³-hybridized carbons (Fsp3) is 0.133. The number of hydrogen-bond acceptors (Lipinski definition) is 4. The Labute approximate surface area is 127 Å². The number of hydrogen-bond donors (Lipinski definition) is 2. The third kappa shape index (κ3) is 3.42. The summed E-state index contributed by atoms with van der Waals surface area (Å²) in [7, 11) is -3.98. The van der Waals surface area contributed by atoms with Gasteiger partial charge in [-0.15, -0.1) is 0 Å². The second-order valence-electron chi connectivity index (χ2n) is 4.52. The van der Waals surface area contributed by atoms with Gasteiger partial charge in [-0.2, -0.15) is 5.26 Å². The normalized spacial score (nSPS) is 11.0. The molecule has 7 heteroatoms. The Kier molecular flexibility index (Phi) is 4.75. The third-order valence-electron chi connectivity index (χ3n) is 3.02. The lowest BCUT2D eigenvalue weighted by Crippen LogP contribution is -2.15. The van der Waals surface area contributed by atoms with Gasteiger partial charge in [0, 0.05) is 5.56 Å². The van der Waals surface area contributed by atoms with Crippen LogP contribution in [0.2, 0.25) is 0 Å². The Morgan fingerprint density at radius 1 is 1.18 bits per heavy atom. The number of nitriles is 1. The lowest BCUT2D eigenvalue weighted by atomic mass is 10.2. The zero-order chi connectivity index (χ0) is 16.2. The molecule has 2 rings (SSSR count). The second-order valence-corrected chi connectivity index (χ2v) is 6.20. The van der Waals surface area contributed by atoms with Gasteiger partial charge in [0.1, 0.15) is 5.82 Å². The second kappa shape index (κ2) is 6.56. The first kappa shape index (κ1) is 15.9. The van der Waals surface area contributed by atoms with E-state index in [0.717, 1.165) is 6.07 Å². The number of rotatable bonds is 5. The summed E-state index contributed by atoms with van der Waals surface area (Å²) in [6.45, 7) is -0.489. The van der Waals surface area contributed by atoms with E-state index in [1.54, 1.807) is 0 Å². The van der Waals surface area contributed by atoms with Crippen molar-refractivity contribution in [1.82, 2.24) is 0 Å². The van der Waals surface area contributed by atoms with E-state index in [1.165, 1.54) is 36.4 Å². The third-order valence-corrected chi connectivity index (χ3v) is 4.39. The molecule has 22 heavy (non-hydrogen) atoms. The zero-order valence-electron chi connectivity index (χ0n) is 11.5. The summed E-state index contributed by atoms with van der Waals surface area (Å²) in [6.07, 6.45) is 0.176. The summed E-state index contributed by atoms with van der Waals surface area (Å²) in [5, 5.41) is 17.8. The Balaban J connectivity index is 2.34. The highest BCUT2D eigenvalue weighted by Crippen LogP contribution is 2.23. The van der Waals surface area contributed by atoms with Crippen molar-refractivity contribution in [3.8, 4) is 6.07 Å². The average molecular weight is 320 g/mol. The molecule has 0 spiro atoms. The van der Waals surface area contributed by atoms with Gasteiger partial charge in [-0.25, -0.2) is 12.8 Å². The summed E-state index contributed by atoms with van der Waals surface area (Å²) in [5.41, 5.74) is 0.555. The summed E-state index contributed by atoms with van der Waals surface area (Å²) >= 11 is 0. The molecule has 0 aliphatic rings. The van der Waals surface area contributed by atoms with E-state index in [9.17, 15) is 17.9 Å². The van der Waals surface area contributed by atoms with Crippen LogP contribution in [0.3, 0.4) is 0 Å². The minimum Gasteiger partial charge on any atom is -0.392 e. The predicted molar refractivity (Wildman–Crippen MR) is 78.9 cm³/mol. The summed E-state index contributed by atoms with van der Waals surface area (Å²) in [6, 6.07) is 11.6. The lowest BCUT2D eigenvalue weighted by Gasteiger charge is -2.12. The van der Waals surface area contributed by atoms with Crippen molar-refractivity contribution in [2.45, 2.75) is 17.9 Å². The Bertz CT molecular complexity index is 812. The fourth-order valence-corrected chi connectivity index (χ4v) is 3.00. The van der Waals surface area contributed by atoms with Gasteiger partial charge in [0.2, 0.25) is 0 Å². The molecule has 0 bridgehead atoms. The van der Waals surface area contributed by atoms with Crippen molar-refractivity contribution in [3.63, 3.8) is 0 Å². The SMILES string of the molecule is N#CCc1ccc(S(=O)(=O)Nc2c(F)cccc2CO)cc1. The maximum absolute atomic E-state index is 13.8. The monoisotopic (exact) mass is 320 g/mol. The molecule has 0 amide bonds. The van der Waals surface area contributed by atoms with E-state index in [-0.39, 0.29) is 22.6 Å². The molecule has 2 aromatic rings. The minimum absolute atomic E-state index is 0.0543. The highest BCUT2D eigenvalue weighted by molar-refractivity contribution is 7.92. The van der Waals surface area contributed by atoms with Gasteiger partial charge >= 0.3 is 0 Å². The lowest BCUT2D eigenvalue weighted by molar-refractivity contribution is 0.282. The van der Waals surface area contributed by atoms with Crippen molar-refractivity contribution in [1.29, 1.82) is 5.26 Å². The van der Waals surface area contributed by atoms with Gasteiger partial charge in [-0.1, -0.05) is 24.3 Å². The molecule has 0 aliphatic heterocycles. The van der Waals surface area contributed by atoms with Crippen LogP contribution in [0.5, 0.6) is 0 Å². The van der Waals surface area contributed by atoms with Gasteiger partial charge in [-0.05, 0) is 23.8 Å². The van der Waals surface area contributed by atoms with Crippen LogP contribution in [-0.4, -0.2) is 13.5 Å². The van der Waals surface area contributed by atoms with Gasteiger partial charge in [-0.3, -0.25) is 4.72 Å². The topological polar surface area (TPSA) is 90.2 Å². The molecule has 0 atom stereocenters. The van der Waals surface area contributed by atoms with Crippen LogP contribution in [-0.2, 0) is 23.1 Å². The molecule has 0 saturated heterocycles. The zero-order valence-corrected chi connectivity index (χ0v) is 12.3. The molecule has 5 nitrogen and oxygen atoms in total.